The first-order valence-corrected chi connectivity index (χ1v) is 5.94. The number of nitro groups is 1. The molecule has 0 atom stereocenters. The van der Waals surface area contributed by atoms with Gasteiger partial charge in [0.05, 0.1) is 4.92 Å². The largest absolute Gasteiger partial charge is 0.349 e. The first-order valence-electron chi connectivity index (χ1n) is 5.14. The highest BCUT2D eigenvalue weighted by atomic mass is 79.9. The van der Waals surface area contributed by atoms with Crippen molar-refractivity contribution in [3.05, 3.63) is 62.4 Å². The third kappa shape index (κ3) is 2.48. The van der Waals surface area contributed by atoms with Crippen molar-refractivity contribution in [2.45, 2.75) is 6.54 Å². The smallest absolute Gasteiger partial charge is 0.283 e. The van der Waals surface area contributed by atoms with Gasteiger partial charge in [0.1, 0.15) is 4.47 Å². The van der Waals surface area contributed by atoms with Crippen molar-refractivity contribution in [2.24, 2.45) is 0 Å². The van der Waals surface area contributed by atoms with Gasteiger partial charge in [-0.25, -0.2) is 0 Å². The fourth-order valence-corrected chi connectivity index (χ4v) is 2.19. The lowest BCUT2D eigenvalue weighted by Gasteiger charge is -2.06. The number of nitro benzene ring substituents is 1. The van der Waals surface area contributed by atoms with Crippen molar-refractivity contribution in [3.8, 4) is 0 Å². The number of halogens is 1. The lowest BCUT2D eigenvalue weighted by atomic mass is 10.2. The van der Waals surface area contributed by atoms with Crippen molar-refractivity contribution in [3.63, 3.8) is 0 Å². The summed E-state index contributed by atoms with van der Waals surface area (Å²) in [6.07, 6.45) is 4.21. The van der Waals surface area contributed by atoms with Gasteiger partial charge in [-0.3, -0.25) is 14.9 Å². The van der Waals surface area contributed by atoms with Crippen LogP contribution in [-0.4, -0.2) is 15.8 Å². The number of carbonyl (C=O) groups excluding carboxylic acids is 1. The predicted octanol–water partition coefficient (Wildman–Crippen LogP) is 3.02. The van der Waals surface area contributed by atoms with E-state index >= 15 is 0 Å². The lowest BCUT2D eigenvalue weighted by molar-refractivity contribution is -0.385. The maximum absolute atomic E-state index is 10.8. The van der Waals surface area contributed by atoms with Gasteiger partial charge in [-0.2, -0.15) is 0 Å². The topological polar surface area (TPSA) is 65.1 Å². The summed E-state index contributed by atoms with van der Waals surface area (Å²) in [5.41, 5.74) is 1.41. The molecule has 2 aromatic rings. The van der Waals surface area contributed by atoms with Gasteiger partial charge in [-0.05, 0) is 27.6 Å². The Bertz CT molecular complexity index is 607. The zero-order valence-corrected chi connectivity index (χ0v) is 10.8. The van der Waals surface area contributed by atoms with E-state index in [9.17, 15) is 14.9 Å². The van der Waals surface area contributed by atoms with Crippen molar-refractivity contribution < 1.29 is 9.72 Å². The number of nitrogens with zero attached hydrogens (tertiary/aromatic N) is 2. The zero-order chi connectivity index (χ0) is 13.1. The molecule has 0 N–H and O–H groups in total. The molecule has 0 aliphatic heterocycles. The average molecular weight is 309 g/mol. The Morgan fingerprint density at radius 2 is 2.17 bits per heavy atom. The summed E-state index contributed by atoms with van der Waals surface area (Å²) in [4.78, 5) is 20.9. The van der Waals surface area contributed by atoms with Crippen LogP contribution in [-0.2, 0) is 6.54 Å². The molecule has 0 fully saturated rings. The quantitative estimate of drug-likeness (QED) is 0.495. The summed E-state index contributed by atoms with van der Waals surface area (Å²) >= 11 is 3.24. The average Bonchev–Trinajstić information content (AvgIpc) is 2.79. The Morgan fingerprint density at radius 1 is 1.39 bits per heavy atom. The van der Waals surface area contributed by atoms with Crippen molar-refractivity contribution in [1.82, 2.24) is 4.57 Å². The Morgan fingerprint density at radius 3 is 2.78 bits per heavy atom. The van der Waals surface area contributed by atoms with E-state index in [0.29, 0.717) is 16.6 Å². The summed E-state index contributed by atoms with van der Waals surface area (Å²) in [6, 6.07) is 6.58. The molecule has 6 heteroatoms. The van der Waals surface area contributed by atoms with Crippen molar-refractivity contribution in [1.29, 1.82) is 0 Å². The van der Waals surface area contributed by atoms with Gasteiger partial charge in [-0.1, -0.05) is 12.1 Å². The normalized spacial score (nSPS) is 10.3. The molecule has 2 rings (SSSR count). The molecule has 1 aromatic heterocycles. The van der Waals surface area contributed by atoms with E-state index in [2.05, 4.69) is 15.9 Å². The number of aldehydes is 1. The van der Waals surface area contributed by atoms with Crippen LogP contribution in [0.3, 0.4) is 0 Å². The molecule has 0 bridgehead atoms. The van der Waals surface area contributed by atoms with E-state index < -0.39 is 4.92 Å². The number of rotatable bonds is 4. The summed E-state index contributed by atoms with van der Waals surface area (Å²) in [7, 11) is 0. The van der Waals surface area contributed by atoms with Gasteiger partial charge >= 0.3 is 0 Å². The molecule has 0 saturated carbocycles. The second kappa shape index (κ2) is 5.14. The molecule has 0 radical (unpaired) electrons. The highest BCUT2D eigenvalue weighted by Crippen LogP contribution is 2.28. The Balaban J connectivity index is 2.31. The fourth-order valence-electron chi connectivity index (χ4n) is 1.65. The lowest BCUT2D eigenvalue weighted by Crippen LogP contribution is -1.99. The number of aromatic nitrogens is 1. The van der Waals surface area contributed by atoms with Gasteiger partial charge in [0.2, 0.25) is 0 Å². The molecule has 0 aliphatic rings. The zero-order valence-electron chi connectivity index (χ0n) is 9.25. The van der Waals surface area contributed by atoms with Gasteiger partial charge in [0.15, 0.2) is 6.29 Å². The summed E-state index contributed by atoms with van der Waals surface area (Å²) in [5, 5.41) is 10.8. The van der Waals surface area contributed by atoms with E-state index in [1.165, 1.54) is 6.07 Å². The SMILES string of the molecule is O=Cc1ccn(Cc2cccc([N+](=O)[O-])c2Br)c1. The minimum atomic E-state index is -0.430. The van der Waals surface area contributed by atoms with Crippen LogP contribution in [0.2, 0.25) is 0 Å². The molecule has 1 aromatic carbocycles. The third-order valence-corrected chi connectivity index (χ3v) is 3.43. The molecule has 1 heterocycles. The Labute approximate surface area is 111 Å². The Kier molecular flexibility index (Phi) is 3.57. The molecule has 92 valence electrons. The predicted molar refractivity (Wildman–Crippen MR) is 69.7 cm³/mol. The molecule has 18 heavy (non-hydrogen) atoms. The minimum Gasteiger partial charge on any atom is -0.349 e. The first kappa shape index (κ1) is 12.5. The summed E-state index contributed by atoms with van der Waals surface area (Å²) in [5.74, 6) is 0. The molecular weight excluding hydrogens is 300 g/mol. The van der Waals surface area contributed by atoms with Gasteiger partial charge in [0.25, 0.3) is 5.69 Å². The number of benzene rings is 1. The van der Waals surface area contributed by atoms with Gasteiger partial charge in [0, 0.05) is 30.6 Å². The van der Waals surface area contributed by atoms with Crippen LogP contribution in [0.1, 0.15) is 15.9 Å². The number of hydrogen-bond acceptors (Lipinski definition) is 3. The second-order valence-electron chi connectivity index (χ2n) is 3.74. The van der Waals surface area contributed by atoms with Crippen LogP contribution in [0.25, 0.3) is 0 Å². The van der Waals surface area contributed by atoms with E-state index in [4.69, 9.17) is 0 Å². The molecule has 0 unspecified atom stereocenters. The maximum Gasteiger partial charge on any atom is 0.283 e. The van der Waals surface area contributed by atoms with Crippen LogP contribution in [0.15, 0.2) is 41.1 Å². The van der Waals surface area contributed by atoms with Crippen LogP contribution in [0.5, 0.6) is 0 Å². The van der Waals surface area contributed by atoms with E-state index in [1.54, 1.807) is 35.2 Å². The maximum atomic E-state index is 10.8. The number of carbonyl (C=O) groups is 1. The number of hydrogen-bond donors (Lipinski definition) is 0. The summed E-state index contributed by atoms with van der Waals surface area (Å²) in [6.45, 7) is 0.468. The van der Waals surface area contributed by atoms with Gasteiger partial charge < -0.3 is 4.57 Å². The first-order chi connectivity index (χ1) is 8.61. The van der Waals surface area contributed by atoms with Crippen molar-refractivity contribution >= 4 is 27.9 Å². The van der Waals surface area contributed by atoms with Crippen LogP contribution >= 0.6 is 15.9 Å². The molecule has 0 spiro atoms. The van der Waals surface area contributed by atoms with E-state index in [1.807, 2.05) is 0 Å². The molecule has 0 saturated heterocycles. The van der Waals surface area contributed by atoms with E-state index in [-0.39, 0.29) is 5.69 Å². The molecular formula is C12H9BrN2O3. The highest BCUT2D eigenvalue weighted by Gasteiger charge is 2.14. The van der Waals surface area contributed by atoms with Crippen molar-refractivity contribution in [2.75, 3.05) is 0 Å². The van der Waals surface area contributed by atoms with Crippen LogP contribution in [0.4, 0.5) is 5.69 Å². The Hall–Kier alpha value is -1.95. The monoisotopic (exact) mass is 308 g/mol. The molecule has 5 nitrogen and oxygen atoms in total. The highest BCUT2D eigenvalue weighted by molar-refractivity contribution is 9.10. The molecule has 0 amide bonds. The third-order valence-electron chi connectivity index (χ3n) is 2.52. The van der Waals surface area contributed by atoms with E-state index in [0.717, 1.165) is 11.8 Å². The standard InChI is InChI=1S/C12H9BrN2O3/c13-12-10(2-1-3-11(12)15(17)18)7-14-5-4-9(6-14)8-16/h1-6,8H,7H2. The van der Waals surface area contributed by atoms with Crippen LogP contribution < -0.4 is 0 Å². The molecule has 0 aliphatic carbocycles. The summed E-state index contributed by atoms with van der Waals surface area (Å²) < 4.78 is 2.27. The minimum absolute atomic E-state index is 0.0373. The van der Waals surface area contributed by atoms with Gasteiger partial charge in [-0.15, -0.1) is 0 Å². The van der Waals surface area contributed by atoms with Crippen LogP contribution in [0, 0.1) is 10.1 Å². The fraction of sp³-hybridized carbons (Fsp3) is 0.0833. The second-order valence-corrected chi connectivity index (χ2v) is 4.54.